The van der Waals surface area contributed by atoms with Gasteiger partial charge in [0.25, 0.3) is 0 Å². The van der Waals surface area contributed by atoms with E-state index in [4.69, 9.17) is 11.6 Å². The number of likely N-dealkylation sites (tertiary alicyclic amines) is 1. The highest BCUT2D eigenvalue weighted by Gasteiger charge is 2.28. The van der Waals surface area contributed by atoms with Crippen molar-refractivity contribution in [1.29, 1.82) is 0 Å². The Labute approximate surface area is 171 Å². The third-order valence-corrected chi connectivity index (χ3v) is 6.46. The Balaban J connectivity index is 1.45. The van der Waals surface area contributed by atoms with Gasteiger partial charge in [-0.15, -0.1) is 10.2 Å². The van der Waals surface area contributed by atoms with Crippen molar-refractivity contribution < 1.29 is 0 Å². The molecule has 5 rings (SSSR count). The minimum Gasteiger partial charge on any atom is -0.354 e. The summed E-state index contributed by atoms with van der Waals surface area (Å²) in [5.74, 6) is 1.02. The van der Waals surface area contributed by atoms with Crippen LogP contribution in [0.2, 0.25) is 5.02 Å². The van der Waals surface area contributed by atoms with E-state index in [0.717, 1.165) is 46.6 Å². The highest BCUT2D eigenvalue weighted by Crippen LogP contribution is 2.33. The lowest BCUT2D eigenvalue weighted by atomic mass is 10.0. The van der Waals surface area contributed by atoms with Crippen molar-refractivity contribution in [2.24, 2.45) is 0 Å². The number of benzene rings is 2. The summed E-state index contributed by atoms with van der Waals surface area (Å²) in [6.45, 7) is 4.67. The second-order valence-corrected chi connectivity index (χ2v) is 8.32. The van der Waals surface area contributed by atoms with Crippen LogP contribution in [0.5, 0.6) is 0 Å². The smallest absolute Gasteiger partial charge is 0.159 e. The lowest BCUT2D eigenvalue weighted by Gasteiger charge is -2.37. The monoisotopic (exact) mass is 392 g/mol. The zero-order chi connectivity index (χ0) is 18.9. The maximum absolute atomic E-state index is 6.06. The van der Waals surface area contributed by atoms with E-state index < -0.39 is 0 Å². The minimum absolute atomic E-state index is 0.735. The Morgan fingerprint density at radius 3 is 2.18 bits per heavy atom. The highest BCUT2D eigenvalue weighted by atomic mass is 35.5. The van der Waals surface area contributed by atoms with Gasteiger partial charge in [0.1, 0.15) is 5.69 Å². The van der Waals surface area contributed by atoms with Crippen molar-refractivity contribution in [3.8, 4) is 11.3 Å². The summed E-state index contributed by atoms with van der Waals surface area (Å²) in [5.41, 5.74) is 1.97. The SMILES string of the molecule is Clc1ccc(-c2nnc(N3CCC(N4CCCC4)CC3)c3ccccc23)cc1. The van der Waals surface area contributed by atoms with Gasteiger partial charge in [-0.05, 0) is 50.9 Å². The van der Waals surface area contributed by atoms with Crippen LogP contribution in [0.25, 0.3) is 22.0 Å². The number of halogens is 1. The zero-order valence-electron chi connectivity index (χ0n) is 16.0. The average Bonchev–Trinajstić information content (AvgIpc) is 3.29. The molecule has 0 saturated carbocycles. The Morgan fingerprint density at radius 1 is 0.786 bits per heavy atom. The molecule has 0 aliphatic carbocycles. The molecule has 0 unspecified atom stereocenters. The number of nitrogens with zero attached hydrogens (tertiary/aromatic N) is 4. The van der Waals surface area contributed by atoms with Gasteiger partial charge >= 0.3 is 0 Å². The molecular weight excluding hydrogens is 368 g/mol. The van der Waals surface area contributed by atoms with Crippen molar-refractivity contribution in [3.63, 3.8) is 0 Å². The van der Waals surface area contributed by atoms with Crippen LogP contribution in [-0.2, 0) is 0 Å². The van der Waals surface area contributed by atoms with Gasteiger partial charge in [-0.25, -0.2) is 0 Å². The summed E-state index contributed by atoms with van der Waals surface area (Å²) in [6, 6.07) is 17.1. The highest BCUT2D eigenvalue weighted by molar-refractivity contribution is 6.30. The topological polar surface area (TPSA) is 32.3 Å². The Hall–Kier alpha value is -2.17. The predicted octanol–water partition coefficient (Wildman–Crippen LogP) is 5.01. The summed E-state index contributed by atoms with van der Waals surface area (Å²) in [6.07, 6.45) is 5.16. The van der Waals surface area contributed by atoms with Crippen LogP contribution in [0, 0.1) is 0 Å². The molecule has 0 radical (unpaired) electrons. The van der Waals surface area contributed by atoms with Crippen LogP contribution < -0.4 is 4.90 Å². The Bertz CT molecular complexity index is 958. The lowest BCUT2D eigenvalue weighted by molar-refractivity contribution is 0.207. The molecule has 144 valence electrons. The van der Waals surface area contributed by atoms with E-state index in [2.05, 4.69) is 44.3 Å². The standard InChI is InChI=1S/C23H25ClN4/c24-18-9-7-17(8-10-18)22-20-5-1-2-6-21(20)23(26-25-22)28-15-11-19(12-16-28)27-13-3-4-14-27/h1-2,5-10,19H,3-4,11-16H2. The van der Waals surface area contributed by atoms with E-state index in [1.807, 2.05) is 24.3 Å². The first-order chi connectivity index (χ1) is 13.8. The second kappa shape index (κ2) is 7.69. The molecule has 4 nitrogen and oxygen atoms in total. The van der Waals surface area contributed by atoms with Gasteiger partial charge in [0, 0.05) is 40.5 Å². The number of anilines is 1. The first-order valence-electron chi connectivity index (χ1n) is 10.3. The molecule has 0 bridgehead atoms. The fourth-order valence-electron chi connectivity index (χ4n) is 4.69. The van der Waals surface area contributed by atoms with E-state index in [9.17, 15) is 0 Å². The number of fused-ring (bicyclic) bond motifs is 1. The molecule has 2 aromatic carbocycles. The Kier molecular flexibility index (Phi) is 4.91. The van der Waals surface area contributed by atoms with Crippen LogP contribution in [0.1, 0.15) is 25.7 Å². The van der Waals surface area contributed by atoms with Crippen molar-refractivity contribution in [1.82, 2.24) is 15.1 Å². The van der Waals surface area contributed by atoms with E-state index >= 15 is 0 Å². The summed E-state index contributed by atoms with van der Waals surface area (Å²) < 4.78 is 0. The molecule has 3 aromatic rings. The third kappa shape index (κ3) is 3.36. The summed E-state index contributed by atoms with van der Waals surface area (Å²) in [7, 11) is 0. The molecule has 0 amide bonds. The van der Waals surface area contributed by atoms with Crippen LogP contribution >= 0.6 is 11.6 Å². The van der Waals surface area contributed by atoms with Crippen LogP contribution in [-0.4, -0.2) is 47.3 Å². The summed E-state index contributed by atoms with van der Waals surface area (Å²) >= 11 is 6.06. The largest absolute Gasteiger partial charge is 0.354 e. The van der Waals surface area contributed by atoms with Gasteiger partial charge in [-0.3, -0.25) is 0 Å². The third-order valence-electron chi connectivity index (χ3n) is 6.21. The van der Waals surface area contributed by atoms with Crippen molar-refractivity contribution in [2.75, 3.05) is 31.1 Å². The molecule has 28 heavy (non-hydrogen) atoms. The average molecular weight is 393 g/mol. The minimum atomic E-state index is 0.735. The van der Waals surface area contributed by atoms with Gasteiger partial charge in [0.05, 0.1) is 0 Å². The maximum atomic E-state index is 6.06. The predicted molar refractivity (Wildman–Crippen MR) is 116 cm³/mol. The van der Waals surface area contributed by atoms with E-state index in [-0.39, 0.29) is 0 Å². The van der Waals surface area contributed by atoms with Gasteiger partial charge < -0.3 is 9.80 Å². The maximum Gasteiger partial charge on any atom is 0.159 e. The molecule has 1 aromatic heterocycles. The molecule has 0 N–H and O–H groups in total. The molecule has 0 spiro atoms. The number of hydrogen-bond donors (Lipinski definition) is 0. The first-order valence-corrected chi connectivity index (χ1v) is 10.7. The molecule has 2 saturated heterocycles. The normalized spacial score (nSPS) is 18.8. The number of hydrogen-bond acceptors (Lipinski definition) is 4. The molecule has 2 fully saturated rings. The number of rotatable bonds is 3. The van der Waals surface area contributed by atoms with Gasteiger partial charge in [-0.1, -0.05) is 48.0 Å². The quantitative estimate of drug-likeness (QED) is 0.626. The van der Waals surface area contributed by atoms with Crippen molar-refractivity contribution in [2.45, 2.75) is 31.7 Å². The van der Waals surface area contributed by atoms with Crippen molar-refractivity contribution in [3.05, 3.63) is 53.6 Å². The van der Waals surface area contributed by atoms with E-state index in [1.165, 1.54) is 44.2 Å². The Morgan fingerprint density at radius 2 is 1.46 bits per heavy atom. The van der Waals surface area contributed by atoms with Gasteiger partial charge in [0.15, 0.2) is 5.82 Å². The summed E-state index contributed by atoms with van der Waals surface area (Å²) in [5, 5.41) is 12.4. The first kappa shape index (κ1) is 17.9. The molecule has 0 atom stereocenters. The van der Waals surface area contributed by atoms with E-state index in [1.54, 1.807) is 0 Å². The van der Waals surface area contributed by atoms with Gasteiger partial charge in [0.2, 0.25) is 0 Å². The zero-order valence-corrected chi connectivity index (χ0v) is 16.8. The van der Waals surface area contributed by atoms with Crippen LogP contribution in [0.3, 0.4) is 0 Å². The lowest BCUT2D eigenvalue weighted by Crippen LogP contribution is -2.44. The number of piperidine rings is 1. The molecule has 5 heteroatoms. The fraction of sp³-hybridized carbons (Fsp3) is 0.391. The molecule has 3 heterocycles. The van der Waals surface area contributed by atoms with E-state index in [0.29, 0.717) is 0 Å². The van der Waals surface area contributed by atoms with Crippen molar-refractivity contribution >= 4 is 28.2 Å². The molecular formula is C23H25ClN4. The summed E-state index contributed by atoms with van der Waals surface area (Å²) in [4.78, 5) is 5.11. The second-order valence-electron chi connectivity index (χ2n) is 7.89. The fourth-order valence-corrected chi connectivity index (χ4v) is 4.82. The van der Waals surface area contributed by atoms with Gasteiger partial charge in [-0.2, -0.15) is 0 Å². The van der Waals surface area contributed by atoms with Crippen LogP contribution in [0.15, 0.2) is 48.5 Å². The molecule has 2 aliphatic rings. The molecule has 2 aliphatic heterocycles. The number of aromatic nitrogens is 2. The van der Waals surface area contributed by atoms with Crippen LogP contribution in [0.4, 0.5) is 5.82 Å².